The Labute approximate surface area is 109 Å². The number of hydrogen-bond donors (Lipinski definition) is 1. The van der Waals surface area contributed by atoms with Gasteiger partial charge < -0.3 is 14.8 Å². The first-order chi connectivity index (χ1) is 8.74. The summed E-state index contributed by atoms with van der Waals surface area (Å²) in [6.07, 6.45) is 8.47. The van der Waals surface area contributed by atoms with Gasteiger partial charge in [0.25, 0.3) is 0 Å². The van der Waals surface area contributed by atoms with E-state index in [2.05, 4.69) is 5.32 Å². The first kappa shape index (κ1) is 13.8. The second-order valence-corrected chi connectivity index (χ2v) is 5.43. The SMILES string of the molecule is CCCC(=O)NCC1COC2(CCCCCC2)O1. The minimum atomic E-state index is -0.337. The number of ether oxygens (including phenoxy) is 2. The smallest absolute Gasteiger partial charge is 0.220 e. The molecule has 1 aliphatic heterocycles. The van der Waals surface area contributed by atoms with Crippen molar-refractivity contribution in [2.24, 2.45) is 0 Å². The maximum absolute atomic E-state index is 11.4. The van der Waals surface area contributed by atoms with Crippen molar-refractivity contribution in [1.29, 1.82) is 0 Å². The van der Waals surface area contributed by atoms with Crippen LogP contribution in [0.25, 0.3) is 0 Å². The zero-order valence-corrected chi connectivity index (χ0v) is 11.4. The monoisotopic (exact) mass is 255 g/mol. The van der Waals surface area contributed by atoms with Crippen LogP contribution in [0, 0.1) is 0 Å². The van der Waals surface area contributed by atoms with Gasteiger partial charge in [0.1, 0.15) is 6.10 Å². The lowest BCUT2D eigenvalue weighted by Gasteiger charge is -2.26. The summed E-state index contributed by atoms with van der Waals surface area (Å²) in [6.45, 7) is 3.21. The molecule has 1 aliphatic carbocycles. The highest BCUT2D eigenvalue weighted by Gasteiger charge is 2.41. The zero-order chi connectivity index (χ0) is 12.8. The van der Waals surface area contributed by atoms with Gasteiger partial charge in [-0.25, -0.2) is 0 Å². The Morgan fingerprint density at radius 3 is 2.67 bits per heavy atom. The quantitative estimate of drug-likeness (QED) is 0.839. The van der Waals surface area contributed by atoms with Crippen molar-refractivity contribution >= 4 is 5.91 Å². The summed E-state index contributed by atoms with van der Waals surface area (Å²) in [6, 6.07) is 0. The molecular formula is C14H25NO3. The minimum absolute atomic E-state index is 0.0314. The maximum atomic E-state index is 11.4. The normalized spacial score (nSPS) is 27.1. The largest absolute Gasteiger partial charge is 0.353 e. The molecule has 1 saturated carbocycles. The van der Waals surface area contributed by atoms with Crippen molar-refractivity contribution in [2.75, 3.05) is 13.2 Å². The van der Waals surface area contributed by atoms with Gasteiger partial charge in [-0.2, -0.15) is 0 Å². The molecule has 2 aliphatic rings. The van der Waals surface area contributed by atoms with Crippen LogP contribution in [0.2, 0.25) is 0 Å². The summed E-state index contributed by atoms with van der Waals surface area (Å²) in [7, 11) is 0. The van der Waals surface area contributed by atoms with Gasteiger partial charge in [-0.15, -0.1) is 0 Å². The Bertz CT molecular complexity index is 272. The molecule has 2 rings (SSSR count). The van der Waals surface area contributed by atoms with Gasteiger partial charge in [-0.3, -0.25) is 4.79 Å². The number of hydrogen-bond acceptors (Lipinski definition) is 3. The average Bonchev–Trinajstić information content (AvgIpc) is 2.60. The van der Waals surface area contributed by atoms with Crippen LogP contribution in [-0.4, -0.2) is 30.9 Å². The lowest BCUT2D eigenvalue weighted by atomic mass is 10.1. The highest BCUT2D eigenvalue weighted by atomic mass is 16.7. The van der Waals surface area contributed by atoms with Gasteiger partial charge in [0.05, 0.1) is 6.61 Å². The van der Waals surface area contributed by atoms with Gasteiger partial charge in [-0.05, 0) is 19.3 Å². The summed E-state index contributed by atoms with van der Waals surface area (Å²) in [5.41, 5.74) is 0. The zero-order valence-electron chi connectivity index (χ0n) is 11.4. The molecule has 1 heterocycles. The fourth-order valence-corrected chi connectivity index (χ4v) is 2.79. The van der Waals surface area contributed by atoms with Crippen LogP contribution in [0.5, 0.6) is 0 Å². The lowest BCUT2D eigenvalue weighted by molar-refractivity contribution is -0.175. The van der Waals surface area contributed by atoms with Crippen LogP contribution in [0.15, 0.2) is 0 Å². The van der Waals surface area contributed by atoms with E-state index in [-0.39, 0.29) is 17.8 Å². The molecule has 1 unspecified atom stereocenters. The summed E-state index contributed by atoms with van der Waals surface area (Å²) < 4.78 is 12.0. The second-order valence-electron chi connectivity index (χ2n) is 5.43. The Morgan fingerprint density at radius 1 is 1.28 bits per heavy atom. The summed E-state index contributed by atoms with van der Waals surface area (Å²) in [4.78, 5) is 11.4. The molecule has 4 nitrogen and oxygen atoms in total. The van der Waals surface area contributed by atoms with Gasteiger partial charge in [-0.1, -0.05) is 19.8 Å². The van der Waals surface area contributed by atoms with Crippen LogP contribution < -0.4 is 5.32 Å². The number of rotatable bonds is 4. The highest BCUT2D eigenvalue weighted by molar-refractivity contribution is 5.75. The summed E-state index contributed by atoms with van der Waals surface area (Å²) in [5, 5.41) is 2.92. The van der Waals surface area contributed by atoms with E-state index < -0.39 is 0 Å². The van der Waals surface area contributed by atoms with Gasteiger partial charge in [0.2, 0.25) is 5.91 Å². The van der Waals surface area contributed by atoms with Crippen molar-refractivity contribution in [3.63, 3.8) is 0 Å². The molecule has 0 aromatic carbocycles. The summed E-state index contributed by atoms with van der Waals surface area (Å²) in [5.74, 6) is -0.223. The molecule has 1 atom stereocenters. The van der Waals surface area contributed by atoms with Crippen molar-refractivity contribution < 1.29 is 14.3 Å². The van der Waals surface area contributed by atoms with E-state index in [1.54, 1.807) is 0 Å². The highest BCUT2D eigenvalue weighted by Crippen LogP contribution is 2.36. The van der Waals surface area contributed by atoms with E-state index >= 15 is 0 Å². The third kappa shape index (κ3) is 3.69. The lowest BCUT2D eigenvalue weighted by Crippen LogP contribution is -2.35. The van der Waals surface area contributed by atoms with Crippen LogP contribution in [-0.2, 0) is 14.3 Å². The van der Waals surface area contributed by atoms with Crippen molar-refractivity contribution in [3.8, 4) is 0 Å². The molecule has 0 radical (unpaired) electrons. The van der Waals surface area contributed by atoms with Crippen molar-refractivity contribution in [3.05, 3.63) is 0 Å². The molecule has 0 aromatic rings. The Kier molecular flexibility index (Phi) is 5.01. The number of carbonyl (C=O) groups is 1. The maximum Gasteiger partial charge on any atom is 0.220 e. The molecule has 0 aromatic heterocycles. The van der Waals surface area contributed by atoms with Gasteiger partial charge in [0, 0.05) is 25.8 Å². The topological polar surface area (TPSA) is 47.6 Å². The Balaban J connectivity index is 1.75. The number of carbonyl (C=O) groups excluding carboxylic acids is 1. The average molecular weight is 255 g/mol. The third-order valence-electron chi connectivity index (χ3n) is 3.78. The number of amides is 1. The molecule has 4 heteroatoms. The van der Waals surface area contributed by atoms with Crippen LogP contribution in [0.4, 0.5) is 0 Å². The Hall–Kier alpha value is -0.610. The molecule has 1 amide bonds. The van der Waals surface area contributed by atoms with Gasteiger partial charge in [0.15, 0.2) is 5.79 Å². The van der Waals surface area contributed by atoms with E-state index in [9.17, 15) is 4.79 Å². The van der Waals surface area contributed by atoms with E-state index in [1.165, 1.54) is 25.7 Å². The van der Waals surface area contributed by atoms with Crippen LogP contribution in [0.3, 0.4) is 0 Å². The molecule has 1 spiro atoms. The fraction of sp³-hybridized carbons (Fsp3) is 0.929. The van der Waals surface area contributed by atoms with Crippen molar-refractivity contribution in [2.45, 2.75) is 70.2 Å². The molecule has 0 bridgehead atoms. The Morgan fingerprint density at radius 2 is 2.00 bits per heavy atom. The molecule has 1 N–H and O–H groups in total. The fourth-order valence-electron chi connectivity index (χ4n) is 2.79. The molecule has 1 saturated heterocycles. The summed E-state index contributed by atoms with van der Waals surface area (Å²) >= 11 is 0. The molecular weight excluding hydrogens is 230 g/mol. The van der Waals surface area contributed by atoms with Crippen LogP contribution in [0.1, 0.15) is 58.3 Å². The second kappa shape index (κ2) is 6.53. The predicted octanol–water partition coefficient (Wildman–Crippen LogP) is 2.37. The van der Waals surface area contributed by atoms with Crippen molar-refractivity contribution in [1.82, 2.24) is 5.32 Å². The first-order valence-corrected chi connectivity index (χ1v) is 7.32. The third-order valence-corrected chi connectivity index (χ3v) is 3.78. The van der Waals surface area contributed by atoms with Gasteiger partial charge >= 0.3 is 0 Å². The van der Waals surface area contributed by atoms with E-state index in [0.717, 1.165) is 19.3 Å². The predicted molar refractivity (Wildman–Crippen MR) is 69.2 cm³/mol. The molecule has 2 fully saturated rings. The number of nitrogens with one attached hydrogen (secondary N) is 1. The van der Waals surface area contributed by atoms with E-state index in [0.29, 0.717) is 19.6 Å². The van der Waals surface area contributed by atoms with Crippen LogP contribution >= 0.6 is 0 Å². The first-order valence-electron chi connectivity index (χ1n) is 7.32. The van der Waals surface area contributed by atoms with E-state index in [1.807, 2.05) is 6.92 Å². The standard InChI is InChI=1S/C14H25NO3/c1-2-7-13(16)15-10-12-11-17-14(18-12)8-5-3-4-6-9-14/h12H,2-11H2,1H3,(H,15,16). The van der Waals surface area contributed by atoms with E-state index in [4.69, 9.17) is 9.47 Å². The minimum Gasteiger partial charge on any atom is -0.353 e. The molecule has 104 valence electrons. The molecule has 18 heavy (non-hydrogen) atoms.